The van der Waals surface area contributed by atoms with Gasteiger partial charge in [-0.05, 0) is 50.6 Å². The van der Waals surface area contributed by atoms with Crippen molar-refractivity contribution in [1.82, 2.24) is 9.97 Å². The lowest BCUT2D eigenvalue weighted by Crippen LogP contribution is -2.17. The second kappa shape index (κ2) is 8.39. The Bertz CT molecular complexity index is 991. The smallest absolute Gasteiger partial charge is 0.230 e. The Labute approximate surface area is 168 Å². The van der Waals surface area contributed by atoms with Crippen LogP contribution in [0.1, 0.15) is 22.6 Å². The van der Waals surface area contributed by atoms with Crippen LogP contribution in [0.4, 0.5) is 5.69 Å². The summed E-state index contributed by atoms with van der Waals surface area (Å²) in [4.78, 5) is 21.5. The van der Waals surface area contributed by atoms with E-state index in [-0.39, 0.29) is 12.3 Å². The number of thiazole rings is 1. The van der Waals surface area contributed by atoms with Crippen molar-refractivity contribution in [3.05, 3.63) is 52.3 Å². The Balaban J connectivity index is 1.74. The molecule has 28 heavy (non-hydrogen) atoms. The Morgan fingerprint density at radius 1 is 1.07 bits per heavy atom. The molecule has 1 amide bonds. The van der Waals surface area contributed by atoms with Gasteiger partial charge in [-0.1, -0.05) is 0 Å². The molecule has 0 fully saturated rings. The average Bonchev–Trinajstić information content (AvgIpc) is 3.12. The molecule has 3 rings (SSSR count). The standard InChI is InChI=1S/C21H23N3O3S/c1-12-8-13(2)22-14(3)20(12)24-19(25)10-16-11-28-21(23-16)15-6-7-17(26-4)18(9-15)27-5/h6-9,11H,10H2,1-5H3,(H,24,25). The molecule has 0 aliphatic carbocycles. The van der Waals surface area contributed by atoms with Crippen molar-refractivity contribution in [1.29, 1.82) is 0 Å². The van der Waals surface area contributed by atoms with E-state index in [1.165, 1.54) is 11.3 Å². The Morgan fingerprint density at radius 2 is 1.82 bits per heavy atom. The molecule has 2 aromatic heterocycles. The average molecular weight is 398 g/mol. The molecule has 0 bridgehead atoms. The first-order valence-electron chi connectivity index (χ1n) is 8.82. The Hall–Kier alpha value is -2.93. The number of nitrogens with one attached hydrogen (secondary N) is 1. The monoisotopic (exact) mass is 397 g/mol. The summed E-state index contributed by atoms with van der Waals surface area (Å²) in [7, 11) is 3.20. The quantitative estimate of drug-likeness (QED) is 0.670. The highest BCUT2D eigenvalue weighted by Gasteiger charge is 2.14. The largest absolute Gasteiger partial charge is 0.493 e. The second-order valence-corrected chi connectivity index (χ2v) is 7.34. The number of benzene rings is 1. The van der Waals surface area contributed by atoms with Crippen molar-refractivity contribution in [2.45, 2.75) is 27.2 Å². The van der Waals surface area contributed by atoms with E-state index in [0.29, 0.717) is 11.5 Å². The van der Waals surface area contributed by atoms with Crippen LogP contribution in [0, 0.1) is 20.8 Å². The number of carbonyl (C=O) groups excluding carboxylic acids is 1. The van der Waals surface area contributed by atoms with E-state index in [2.05, 4.69) is 15.3 Å². The third kappa shape index (κ3) is 4.31. The van der Waals surface area contributed by atoms with Gasteiger partial charge >= 0.3 is 0 Å². The molecule has 0 aliphatic heterocycles. The molecule has 0 radical (unpaired) electrons. The van der Waals surface area contributed by atoms with E-state index >= 15 is 0 Å². The summed E-state index contributed by atoms with van der Waals surface area (Å²) >= 11 is 1.49. The molecule has 0 atom stereocenters. The fourth-order valence-corrected chi connectivity index (χ4v) is 3.87. The van der Waals surface area contributed by atoms with Crippen LogP contribution in [0.2, 0.25) is 0 Å². The minimum absolute atomic E-state index is 0.110. The van der Waals surface area contributed by atoms with Crippen LogP contribution in [0.3, 0.4) is 0 Å². The number of hydrogen-bond donors (Lipinski definition) is 1. The fraction of sp³-hybridized carbons (Fsp3) is 0.286. The molecule has 0 aliphatic rings. The molecule has 7 heteroatoms. The maximum absolute atomic E-state index is 12.5. The summed E-state index contributed by atoms with van der Waals surface area (Å²) in [6.45, 7) is 5.81. The van der Waals surface area contributed by atoms with Crippen molar-refractivity contribution in [2.75, 3.05) is 19.5 Å². The summed E-state index contributed by atoms with van der Waals surface area (Å²) < 4.78 is 10.6. The third-order valence-corrected chi connectivity index (χ3v) is 5.25. The zero-order chi connectivity index (χ0) is 20.3. The molecule has 2 heterocycles. The normalized spacial score (nSPS) is 10.6. The van der Waals surface area contributed by atoms with Crippen molar-refractivity contribution in [3.8, 4) is 22.1 Å². The van der Waals surface area contributed by atoms with Gasteiger partial charge in [-0.2, -0.15) is 0 Å². The molecule has 1 N–H and O–H groups in total. The van der Waals surface area contributed by atoms with Gasteiger partial charge in [0.2, 0.25) is 5.91 Å². The first-order chi connectivity index (χ1) is 13.4. The predicted molar refractivity (Wildman–Crippen MR) is 111 cm³/mol. The molecule has 0 spiro atoms. The van der Waals surface area contributed by atoms with Crippen molar-refractivity contribution < 1.29 is 14.3 Å². The van der Waals surface area contributed by atoms with E-state index in [9.17, 15) is 4.79 Å². The van der Waals surface area contributed by atoms with Gasteiger partial charge < -0.3 is 14.8 Å². The molecule has 3 aromatic rings. The van der Waals surface area contributed by atoms with Crippen LogP contribution in [0.25, 0.3) is 10.6 Å². The van der Waals surface area contributed by atoms with Gasteiger partial charge in [0.25, 0.3) is 0 Å². The van der Waals surface area contributed by atoms with E-state index < -0.39 is 0 Å². The van der Waals surface area contributed by atoms with E-state index in [1.807, 2.05) is 50.4 Å². The molecular formula is C21H23N3O3S. The van der Waals surface area contributed by atoms with Gasteiger partial charge in [0.1, 0.15) is 5.01 Å². The maximum Gasteiger partial charge on any atom is 0.230 e. The lowest BCUT2D eigenvalue weighted by Gasteiger charge is -2.11. The van der Waals surface area contributed by atoms with E-state index in [1.54, 1.807) is 14.2 Å². The summed E-state index contributed by atoms with van der Waals surface area (Å²) in [5.41, 5.74) is 5.17. The first kappa shape index (κ1) is 19.8. The number of ether oxygens (including phenoxy) is 2. The number of aryl methyl sites for hydroxylation is 3. The van der Waals surface area contributed by atoms with E-state index in [0.717, 1.165) is 38.9 Å². The number of aromatic nitrogens is 2. The highest BCUT2D eigenvalue weighted by atomic mass is 32.1. The molecule has 146 valence electrons. The number of rotatable bonds is 6. The van der Waals surface area contributed by atoms with Gasteiger partial charge in [0.05, 0.1) is 37.7 Å². The van der Waals surface area contributed by atoms with Crippen molar-refractivity contribution in [2.24, 2.45) is 0 Å². The minimum atomic E-state index is -0.110. The molecular weight excluding hydrogens is 374 g/mol. The molecule has 0 saturated carbocycles. The first-order valence-corrected chi connectivity index (χ1v) is 9.70. The molecule has 0 unspecified atom stereocenters. The van der Waals surface area contributed by atoms with Crippen LogP contribution in [-0.4, -0.2) is 30.1 Å². The molecule has 1 aromatic carbocycles. The van der Waals surface area contributed by atoms with Gasteiger partial charge in [-0.25, -0.2) is 4.98 Å². The number of nitrogens with zero attached hydrogens (tertiary/aromatic N) is 2. The topological polar surface area (TPSA) is 73.3 Å². The summed E-state index contributed by atoms with van der Waals surface area (Å²) in [5, 5.41) is 5.69. The third-order valence-electron chi connectivity index (χ3n) is 4.31. The second-order valence-electron chi connectivity index (χ2n) is 6.48. The summed E-state index contributed by atoms with van der Waals surface area (Å²) in [6.07, 6.45) is 0.205. The summed E-state index contributed by atoms with van der Waals surface area (Å²) in [6, 6.07) is 7.61. The van der Waals surface area contributed by atoms with Gasteiger partial charge in [0, 0.05) is 16.6 Å². The van der Waals surface area contributed by atoms with Gasteiger partial charge in [-0.3, -0.25) is 9.78 Å². The van der Waals surface area contributed by atoms with Crippen molar-refractivity contribution >= 4 is 22.9 Å². The zero-order valence-electron chi connectivity index (χ0n) is 16.6. The Morgan fingerprint density at radius 3 is 2.50 bits per heavy atom. The van der Waals surface area contributed by atoms with E-state index in [4.69, 9.17) is 9.47 Å². The number of amides is 1. The molecule has 6 nitrogen and oxygen atoms in total. The van der Waals surface area contributed by atoms with Crippen LogP contribution < -0.4 is 14.8 Å². The zero-order valence-corrected chi connectivity index (χ0v) is 17.4. The maximum atomic E-state index is 12.5. The van der Waals surface area contributed by atoms with Crippen molar-refractivity contribution in [3.63, 3.8) is 0 Å². The van der Waals surface area contributed by atoms with Gasteiger partial charge in [0.15, 0.2) is 11.5 Å². The summed E-state index contributed by atoms with van der Waals surface area (Å²) in [5.74, 6) is 1.20. The van der Waals surface area contributed by atoms with Crippen LogP contribution >= 0.6 is 11.3 Å². The predicted octanol–water partition coefficient (Wildman–Crippen LogP) is 4.33. The number of methoxy groups -OCH3 is 2. The highest BCUT2D eigenvalue weighted by molar-refractivity contribution is 7.13. The minimum Gasteiger partial charge on any atom is -0.493 e. The number of anilines is 1. The fourth-order valence-electron chi connectivity index (χ4n) is 3.05. The number of carbonyl (C=O) groups is 1. The number of hydrogen-bond acceptors (Lipinski definition) is 6. The number of pyridine rings is 1. The van der Waals surface area contributed by atoms with Crippen LogP contribution in [0.15, 0.2) is 29.6 Å². The van der Waals surface area contributed by atoms with Gasteiger partial charge in [-0.15, -0.1) is 11.3 Å². The molecule has 0 saturated heterocycles. The SMILES string of the molecule is COc1ccc(-c2nc(CC(=O)Nc3c(C)cc(C)nc3C)cs2)cc1OC. The highest BCUT2D eigenvalue weighted by Crippen LogP contribution is 2.33. The van der Waals surface area contributed by atoms with Crippen LogP contribution in [0.5, 0.6) is 11.5 Å². The lowest BCUT2D eigenvalue weighted by molar-refractivity contribution is -0.115. The lowest BCUT2D eigenvalue weighted by atomic mass is 10.1. The Kier molecular flexibility index (Phi) is 5.94. The van der Waals surface area contributed by atoms with Crippen LogP contribution in [-0.2, 0) is 11.2 Å².